The Bertz CT molecular complexity index is 815. The van der Waals surface area contributed by atoms with Gasteiger partial charge >= 0.3 is 0 Å². The van der Waals surface area contributed by atoms with Gasteiger partial charge in [0, 0.05) is 19.0 Å². The van der Waals surface area contributed by atoms with E-state index in [0.717, 1.165) is 50.9 Å². The number of hydrogen-bond acceptors (Lipinski definition) is 2. The first kappa shape index (κ1) is 19.9. The van der Waals surface area contributed by atoms with Gasteiger partial charge < -0.3 is 10.0 Å². The summed E-state index contributed by atoms with van der Waals surface area (Å²) in [4.78, 5) is 2.52. The highest BCUT2D eigenvalue weighted by molar-refractivity contribution is 5.32. The molecule has 4 rings (SSSR count). The van der Waals surface area contributed by atoms with Crippen molar-refractivity contribution in [2.75, 3.05) is 19.6 Å². The monoisotopic (exact) mass is 385 g/mol. The summed E-state index contributed by atoms with van der Waals surface area (Å²) in [6.07, 6.45) is 3.95. The molecule has 0 atom stereocenters. The Morgan fingerprint density at radius 3 is 1.72 bits per heavy atom. The molecule has 1 aliphatic rings. The minimum absolute atomic E-state index is 0.448. The van der Waals surface area contributed by atoms with Crippen LogP contribution < -0.4 is 0 Å². The predicted molar refractivity (Wildman–Crippen MR) is 120 cm³/mol. The molecule has 0 amide bonds. The Labute approximate surface area is 174 Å². The van der Waals surface area contributed by atoms with Crippen molar-refractivity contribution in [3.05, 3.63) is 108 Å². The van der Waals surface area contributed by atoms with E-state index in [1.807, 2.05) is 18.2 Å². The van der Waals surface area contributed by atoms with Crippen LogP contribution in [-0.2, 0) is 5.60 Å². The number of benzene rings is 3. The summed E-state index contributed by atoms with van der Waals surface area (Å²) in [5.41, 5.74) is 3.20. The molecule has 0 saturated carbocycles. The molecule has 0 bridgehead atoms. The van der Waals surface area contributed by atoms with E-state index in [0.29, 0.717) is 5.92 Å². The zero-order valence-corrected chi connectivity index (χ0v) is 17.1. The average molecular weight is 386 g/mol. The van der Waals surface area contributed by atoms with Crippen LogP contribution in [0.1, 0.15) is 48.3 Å². The van der Waals surface area contributed by atoms with Crippen LogP contribution in [0.5, 0.6) is 0 Å². The third-order valence-electron chi connectivity index (χ3n) is 6.37. The van der Waals surface area contributed by atoms with E-state index in [1.54, 1.807) is 0 Å². The number of rotatable bonds is 7. The number of hydrogen-bond donors (Lipinski definition) is 1. The highest BCUT2D eigenvalue weighted by Gasteiger charge is 2.33. The number of aliphatic hydroxyl groups is 1. The van der Waals surface area contributed by atoms with Gasteiger partial charge in [0.05, 0.1) is 5.60 Å². The molecule has 1 fully saturated rings. The number of nitrogens with zero attached hydrogens (tertiary/aromatic N) is 1. The molecule has 1 heterocycles. The predicted octanol–water partition coefficient (Wildman–Crippen LogP) is 5.58. The van der Waals surface area contributed by atoms with Gasteiger partial charge in [-0.25, -0.2) is 0 Å². The van der Waals surface area contributed by atoms with Crippen molar-refractivity contribution in [2.45, 2.75) is 37.2 Å². The summed E-state index contributed by atoms with van der Waals surface area (Å²) in [6.45, 7) is 3.03. The van der Waals surface area contributed by atoms with Crippen molar-refractivity contribution >= 4 is 0 Å². The lowest BCUT2D eigenvalue weighted by molar-refractivity contribution is -0.0261. The zero-order chi connectivity index (χ0) is 19.9. The second-order valence-corrected chi connectivity index (χ2v) is 8.26. The van der Waals surface area contributed by atoms with Crippen molar-refractivity contribution in [1.29, 1.82) is 0 Å². The van der Waals surface area contributed by atoms with Crippen LogP contribution in [0.2, 0.25) is 0 Å². The number of likely N-dealkylation sites (tertiary alicyclic amines) is 1. The van der Waals surface area contributed by atoms with Crippen LogP contribution >= 0.6 is 0 Å². The van der Waals surface area contributed by atoms with Crippen LogP contribution in [0.4, 0.5) is 0 Å². The Balaban J connectivity index is 1.33. The fourth-order valence-electron chi connectivity index (χ4n) is 4.60. The summed E-state index contributed by atoms with van der Waals surface area (Å²) in [7, 11) is 0. The van der Waals surface area contributed by atoms with Gasteiger partial charge in [0.2, 0.25) is 0 Å². The molecule has 0 unspecified atom stereocenters. The summed E-state index contributed by atoms with van der Waals surface area (Å²) in [6, 6.07) is 31.9. The minimum Gasteiger partial charge on any atom is -0.385 e. The second kappa shape index (κ2) is 9.39. The van der Waals surface area contributed by atoms with Gasteiger partial charge in [0.1, 0.15) is 0 Å². The first-order chi connectivity index (χ1) is 14.2. The van der Waals surface area contributed by atoms with E-state index in [-0.39, 0.29) is 0 Å². The molecular formula is C27H31NO. The Hall–Kier alpha value is -2.42. The van der Waals surface area contributed by atoms with Crippen molar-refractivity contribution < 1.29 is 5.11 Å². The van der Waals surface area contributed by atoms with Gasteiger partial charge in [-0.2, -0.15) is 0 Å². The summed E-state index contributed by atoms with van der Waals surface area (Å²) in [5, 5.41) is 11.0. The van der Waals surface area contributed by atoms with Gasteiger partial charge in [0.15, 0.2) is 0 Å². The topological polar surface area (TPSA) is 23.5 Å². The van der Waals surface area contributed by atoms with Crippen molar-refractivity contribution in [3.8, 4) is 0 Å². The smallest absolute Gasteiger partial charge is 0.0920 e. The maximum Gasteiger partial charge on any atom is 0.0920 e. The van der Waals surface area contributed by atoms with E-state index in [9.17, 15) is 5.11 Å². The van der Waals surface area contributed by atoms with Gasteiger partial charge in [-0.05, 0) is 48.9 Å². The van der Waals surface area contributed by atoms with E-state index < -0.39 is 5.60 Å². The summed E-state index contributed by atoms with van der Waals surface area (Å²) in [5.74, 6) is 0.448. The quantitative estimate of drug-likeness (QED) is 0.574. The molecule has 3 aromatic rings. The first-order valence-electron chi connectivity index (χ1n) is 10.8. The molecule has 0 aliphatic carbocycles. The van der Waals surface area contributed by atoms with Gasteiger partial charge in [-0.3, -0.25) is 0 Å². The van der Waals surface area contributed by atoms with Crippen LogP contribution in [0.25, 0.3) is 0 Å². The summed E-state index contributed by atoms with van der Waals surface area (Å²) < 4.78 is 0. The average Bonchev–Trinajstić information content (AvgIpc) is 2.80. The van der Waals surface area contributed by atoms with E-state index in [1.165, 1.54) is 11.1 Å². The molecule has 1 aliphatic heterocycles. The fraction of sp³-hybridized carbons (Fsp3) is 0.333. The Morgan fingerprint density at radius 2 is 1.21 bits per heavy atom. The maximum absolute atomic E-state index is 11.0. The third kappa shape index (κ3) is 4.95. The molecule has 0 spiro atoms. The van der Waals surface area contributed by atoms with E-state index in [2.05, 4.69) is 77.7 Å². The van der Waals surface area contributed by atoms with E-state index >= 15 is 0 Å². The van der Waals surface area contributed by atoms with Crippen molar-refractivity contribution in [1.82, 2.24) is 4.90 Å². The second-order valence-electron chi connectivity index (χ2n) is 8.26. The lowest BCUT2D eigenvalue weighted by atomic mass is 9.84. The molecule has 2 heteroatoms. The lowest BCUT2D eigenvalue weighted by Crippen LogP contribution is -2.42. The van der Waals surface area contributed by atoms with E-state index in [4.69, 9.17) is 0 Å². The van der Waals surface area contributed by atoms with Gasteiger partial charge in [-0.1, -0.05) is 91.0 Å². The zero-order valence-electron chi connectivity index (χ0n) is 17.1. The maximum atomic E-state index is 11.0. The molecular weight excluding hydrogens is 354 g/mol. The molecule has 1 N–H and O–H groups in total. The molecule has 1 saturated heterocycles. The molecule has 0 radical (unpaired) electrons. The van der Waals surface area contributed by atoms with Crippen LogP contribution in [0.15, 0.2) is 91.0 Å². The molecule has 150 valence electrons. The highest BCUT2D eigenvalue weighted by atomic mass is 16.3. The fourth-order valence-corrected chi connectivity index (χ4v) is 4.60. The largest absolute Gasteiger partial charge is 0.385 e. The summed E-state index contributed by atoms with van der Waals surface area (Å²) >= 11 is 0. The molecule has 0 aromatic heterocycles. The van der Waals surface area contributed by atoms with Crippen molar-refractivity contribution in [3.63, 3.8) is 0 Å². The number of piperidine rings is 1. The molecule has 2 nitrogen and oxygen atoms in total. The SMILES string of the molecule is OC1(c2ccccc2)CCN(CCCC(c2ccccc2)c2ccccc2)CC1. The Kier molecular flexibility index (Phi) is 6.43. The molecule has 3 aromatic carbocycles. The van der Waals surface area contributed by atoms with Gasteiger partial charge in [-0.15, -0.1) is 0 Å². The van der Waals surface area contributed by atoms with Crippen LogP contribution in [0.3, 0.4) is 0 Å². The lowest BCUT2D eigenvalue weighted by Gasteiger charge is -2.38. The Morgan fingerprint density at radius 1 is 0.724 bits per heavy atom. The van der Waals surface area contributed by atoms with Crippen LogP contribution in [-0.4, -0.2) is 29.6 Å². The molecule has 29 heavy (non-hydrogen) atoms. The first-order valence-corrected chi connectivity index (χ1v) is 10.8. The minimum atomic E-state index is -0.658. The third-order valence-corrected chi connectivity index (χ3v) is 6.37. The standard InChI is InChI=1S/C27H31NO/c29-27(25-15-8-3-9-16-25)18-21-28(22-19-27)20-10-17-26(23-11-4-1-5-12-23)24-13-6-2-7-14-24/h1-9,11-16,26,29H,10,17-22H2. The van der Waals surface area contributed by atoms with Crippen molar-refractivity contribution in [2.24, 2.45) is 0 Å². The normalized spacial score (nSPS) is 16.8. The van der Waals surface area contributed by atoms with Crippen LogP contribution in [0, 0.1) is 0 Å². The van der Waals surface area contributed by atoms with Gasteiger partial charge in [0.25, 0.3) is 0 Å². The highest BCUT2D eigenvalue weighted by Crippen LogP contribution is 2.33.